The molecule has 0 spiro atoms. The lowest BCUT2D eigenvalue weighted by Crippen LogP contribution is -2.42. The van der Waals surface area contributed by atoms with Gasteiger partial charge in [-0.2, -0.15) is 0 Å². The molecule has 0 N–H and O–H groups in total. The van der Waals surface area contributed by atoms with Crippen LogP contribution in [0.4, 0.5) is 10.5 Å². The largest absolute Gasteiger partial charge is 0.371 e. The number of urea groups is 1. The van der Waals surface area contributed by atoms with Crippen molar-refractivity contribution in [2.45, 2.75) is 51.1 Å². The Morgan fingerprint density at radius 1 is 0.964 bits per heavy atom. The third-order valence-electron chi connectivity index (χ3n) is 6.04. The summed E-state index contributed by atoms with van der Waals surface area (Å²) >= 11 is 0. The van der Waals surface area contributed by atoms with Gasteiger partial charge in [-0.1, -0.05) is 31.0 Å². The zero-order valence-corrected chi connectivity index (χ0v) is 16.5. The van der Waals surface area contributed by atoms with Gasteiger partial charge in [0.1, 0.15) is 0 Å². The highest BCUT2D eigenvalue weighted by atomic mass is 16.2. The summed E-state index contributed by atoms with van der Waals surface area (Å²) in [6, 6.07) is 7.71. The molecule has 3 aliphatic rings. The Morgan fingerprint density at radius 2 is 1.64 bits per heavy atom. The van der Waals surface area contributed by atoms with Gasteiger partial charge in [0, 0.05) is 31.4 Å². The van der Waals surface area contributed by atoms with E-state index in [2.05, 4.69) is 17.0 Å². The maximum atomic E-state index is 12.8. The number of hydrogen-bond acceptors (Lipinski definition) is 5. The molecule has 28 heavy (non-hydrogen) atoms. The molecule has 4 amide bonds. The van der Waals surface area contributed by atoms with Crippen molar-refractivity contribution in [3.8, 4) is 0 Å². The van der Waals surface area contributed by atoms with Gasteiger partial charge in [0.05, 0.1) is 6.67 Å². The van der Waals surface area contributed by atoms with Crippen molar-refractivity contribution in [2.24, 2.45) is 0 Å². The van der Waals surface area contributed by atoms with Crippen molar-refractivity contribution in [3.05, 3.63) is 29.8 Å². The summed E-state index contributed by atoms with van der Waals surface area (Å²) in [5.41, 5.74) is 2.39. The number of amides is 4. The molecule has 2 aliphatic heterocycles. The van der Waals surface area contributed by atoms with Crippen LogP contribution in [0.15, 0.2) is 24.3 Å². The van der Waals surface area contributed by atoms with E-state index in [1.165, 1.54) is 29.0 Å². The molecule has 1 saturated carbocycles. The van der Waals surface area contributed by atoms with Gasteiger partial charge in [0.15, 0.2) is 0 Å². The zero-order valence-electron chi connectivity index (χ0n) is 16.5. The molecule has 0 radical (unpaired) electrons. The summed E-state index contributed by atoms with van der Waals surface area (Å²) < 4.78 is 0. The fraction of sp³-hybridized carbons (Fsp3) is 0.571. The highest BCUT2D eigenvalue weighted by molar-refractivity contribution is 6.44. The van der Waals surface area contributed by atoms with E-state index in [-0.39, 0.29) is 12.7 Å². The van der Waals surface area contributed by atoms with Gasteiger partial charge in [-0.15, -0.1) is 0 Å². The Morgan fingerprint density at radius 3 is 2.36 bits per heavy atom. The number of carbonyl (C=O) groups excluding carboxylic acids is 3. The molecule has 2 heterocycles. The average molecular weight is 384 g/mol. The van der Waals surface area contributed by atoms with Crippen LogP contribution in [0.1, 0.15) is 44.1 Å². The van der Waals surface area contributed by atoms with Gasteiger partial charge in [-0.25, -0.2) is 9.69 Å². The number of hydrogen-bond donors (Lipinski definition) is 0. The second-order valence-corrected chi connectivity index (χ2v) is 8.11. The van der Waals surface area contributed by atoms with Gasteiger partial charge in [0.2, 0.25) is 0 Å². The van der Waals surface area contributed by atoms with Crippen LogP contribution < -0.4 is 4.90 Å². The SMILES string of the molecule is CN(Cc1ccccc1N1CCCC1)CN1C(=O)C(=O)N(C2CCCC2)C1=O. The number of nitrogens with zero attached hydrogens (tertiary/aromatic N) is 4. The fourth-order valence-corrected chi connectivity index (χ4v) is 4.62. The second kappa shape index (κ2) is 7.91. The van der Waals surface area contributed by atoms with E-state index >= 15 is 0 Å². The molecule has 0 bridgehead atoms. The van der Waals surface area contributed by atoms with Gasteiger partial charge >= 0.3 is 17.8 Å². The molecule has 1 aromatic carbocycles. The maximum Gasteiger partial charge on any atom is 0.335 e. The number of carbonyl (C=O) groups is 3. The normalized spacial score (nSPS) is 21.1. The minimum Gasteiger partial charge on any atom is -0.371 e. The molecule has 0 aromatic heterocycles. The van der Waals surface area contributed by atoms with Gasteiger partial charge in [0.25, 0.3) is 0 Å². The van der Waals surface area contributed by atoms with Crippen molar-refractivity contribution < 1.29 is 14.4 Å². The molecule has 150 valence electrons. The lowest BCUT2D eigenvalue weighted by Gasteiger charge is -2.27. The topological polar surface area (TPSA) is 64.2 Å². The summed E-state index contributed by atoms with van der Waals surface area (Å²) in [4.78, 5) is 44.2. The molecule has 1 aliphatic carbocycles. The van der Waals surface area contributed by atoms with Crippen LogP contribution in [0, 0.1) is 0 Å². The average Bonchev–Trinajstić information content (AvgIpc) is 3.43. The van der Waals surface area contributed by atoms with Crippen molar-refractivity contribution in [1.29, 1.82) is 0 Å². The lowest BCUT2D eigenvalue weighted by atomic mass is 10.1. The Balaban J connectivity index is 1.44. The molecule has 0 unspecified atom stereocenters. The summed E-state index contributed by atoms with van der Waals surface area (Å²) in [5, 5.41) is 0. The van der Waals surface area contributed by atoms with Gasteiger partial charge in [-0.05, 0) is 44.4 Å². The highest BCUT2D eigenvalue weighted by Gasteiger charge is 2.48. The molecule has 0 atom stereocenters. The van der Waals surface area contributed by atoms with E-state index in [0.29, 0.717) is 6.54 Å². The Bertz CT molecular complexity index is 769. The summed E-state index contributed by atoms with van der Waals surface area (Å²) in [7, 11) is 1.88. The number of imide groups is 2. The molecule has 7 heteroatoms. The van der Waals surface area contributed by atoms with E-state index in [4.69, 9.17) is 0 Å². The maximum absolute atomic E-state index is 12.8. The van der Waals surface area contributed by atoms with Gasteiger partial charge < -0.3 is 4.90 Å². The summed E-state index contributed by atoms with van der Waals surface area (Å²) in [5.74, 6) is -1.36. The van der Waals surface area contributed by atoms with E-state index in [9.17, 15) is 14.4 Å². The minimum atomic E-state index is -0.698. The highest BCUT2D eigenvalue weighted by Crippen LogP contribution is 2.29. The predicted octanol–water partition coefficient (Wildman–Crippen LogP) is 2.41. The van der Waals surface area contributed by atoms with Crippen LogP contribution in [0.2, 0.25) is 0 Å². The minimum absolute atomic E-state index is 0.116. The van der Waals surface area contributed by atoms with Crippen LogP contribution in [-0.4, -0.2) is 65.4 Å². The van der Waals surface area contributed by atoms with E-state index < -0.39 is 17.8 Å². The van der Waals surface area contributed by atoms with Crippen LogP contribution in [-0.2, 0) is 16.1 Å². The standard InChI is InChI=1S/C21H28N4O3/c1-22(14-16-8-2-5-11-18(16)23-12-6-7-13-23)15-24-19(26)20(27)25(21(24)28)17-9-3-4-10-17/h2,5,8,11,17H,3-4,6-7,9-10,12-15H2,1H3. The van der Waals surface area contributed by atoms with E-state index in [1.807, 2.05) is 24.1 Å². The first-order valence-corrected chi connectivity index (χ1v) is 10.3. The molecule has 2 saturated heterocycles. The third-order valence-corrected chi connectivity index (χ3v) is 6.04. The van der Waals surface area contributed by atoms with Crippen LogP contribution in [0.5, 0.6) is 0 Å². The molecular formula is C21H28N4O3. The Labute approximate surface area is 165 Å². The van der Waals surface area contributed by atoms with Gasteiger partial charge in [-0.3, -0.25) is 19.4 Å². The third kappa shape index (κ3) is 3.51. The van der Waals surface area contributed by atoms with E-state index in [1.54, 1.807) is 0 Å². The number of rotatable bonds is 6. The number of para-hydroxylation sites is 1. The summed E-state index contributed by atoms with van der Waals surface area (Å²) in [6.07, 6.45) is 6.03. The molecular weight excluding hydrogens is 356 g/mol. The van der Waals surface area contributed by atoms with Crippen molar-refractivity contribution >= 4 is 23.5 Å². The zero-order chi connectivity index (χ0) is 19.7. The summed E-state index contributed by atoms with van der Waals surface area (Å²) in [6.45, 7) is 2.87. The van der Waals surface area contributed by atoms with E-state index in [0.717, 1.165) is 43.7 Å². The molecule has 7 nitrogen and oxygen atoms in total. The molecule has 3 fully saturated rings. The first kappa shape index (κ1) is 18.9. The first-order chi connectivity index (χ1) is 13.6. The quantitative estimate of drug-likeness (QED) is 0.557. The fourth-order valence-electron chi connectivity index (χ4n) is 4.62. The van der Waals surface area contributed by atoms with Crippen molar-refractivity contribution in [2.75, 3.05) is 31.7 Å². The van der Waals surface area contributed by atoms with Crippen LogP contribution in [0.25, 0.3) is 0 Å². The Kier molecular flexibility index (Phi) is 5.35. The number of anilines is 1. The van der Waals surface area contributed by atoms with Crippen LogP contribution in [0.3, 0.4) is 0 Å². The Hall–Kier alpha value is -2.41. The smallest absolute Gasteiger partial charge is 0.335 e. The van der Waals surface area contributed by atoms with Crippen molar-refractivity contribution in [3.63, 3.8) is 0 Å². The molecule has 4 rings (SSSR count). The first-order valence-electron chi connectivity index (χ1n) is 10.3. The predicted molar refractivity (Wildman–Crippen MR) is 106 cm³/mol. The van der Waals surface area contributed by atoms with Crippen LogP contribution >= 0.6 is 0 Å². The second-order valence-electron chi connectivity index (χ2n) is 8.11. The van der Waals surface area contributed by atoms with Crippen molar-refractivity contribution in [1.82, 2.24) is 14.7 Å². The number of benzene rings is 1. The molecule has 1 aromatic rings. The monoisotopic (exact) mass is 384 g/mol. The lowest BCUT2D eigenvalue weighted by molar-refractivity contribution is -0.144.